The van der Waals surface area contributed by atoms with Gasteiger partial charge in [-0.3, -0.25) is 0 Å². The molecule has 3 N–H and O–H groups in total. The molecule has 0 bridgehead atoms. The van der Waals surface area contributed by atoms with Crippen LogP contribution in [0.25, 0.3) is 0 Å². The predicted molar refractivity (Wildman–Crippen MR) is 75.6 cm³/mol. The van der Waals surface area contributed by atoms with Gasteiger partial charge in [-0.15, -0.1) is 0 Å². The summed E-state index contributed by atoms with van der Waals surface area (Å²) in [6.07, 6.45) is 5.30. The molecule has 1 aromatic rings. The maximum atomic E-state index is 5.97. The van der Waals surface area contributed by atoms with E-state index in [0.717, 1.165) is 11.4 Å². The molecule has 100 valence electrons. The second-order valence-corrected chi connectivity index (χ2v) is 6.25. The van der Waals surface area contributed by atoms with E-state index >= 15 is 0 Å². The van der Waals surface area contributed by atoms with Gasteiger partial charge in [0.1, 0.15) is 18.0 Å². The second kappa shape index (κ2) is 4.75. The minimum Gasteiger partial charge on any atom is -0.383 e. The van der Waals surface area contributed by atoms with Crippen molar-refractivity contribution in [1.82, 2.24) is 9.97 Å². The summed E-state index contributed by atoms with van der Waals surface area (Å²) in [5.41, 5.74) is 7.34. The topological polar surface area (TPSA) is 63.8 Å². The molecule has 0 radical (unpaired) electrons. The van der Waals surface area contributed by atoms with E-state index in [2.05, 4.69) is 43.0 Å². The van der Waals surface area contributed by atoms with Gasteiger partial charge in [0.25, 0.3) is 0 Å². The van der Waals surface area contributed by atoms with Crippen molar-refractivity contribution in [2.75, 3.05) is 11.1 Å². The predicted octanol–water partition coefficient (Wildman–Crippen LogP) is 3.17. The van der Waals surface area contributed by atoms with E-state index in [1.165, 1.54) is 19.3 Å². The van der Waals surface area contributed by atoms with Gasteiger partial charge in [-0.1, -0.05) is 34.1 Å². The minimum absolute atomic E-state index is 0.327. The van der Waals surface area contributed by atoms with Gasteiger partial charge in [0.2, 0.25) is 0 Å². The Bertz CT molecular complexity index is 426. The molecule has 1 aliphatic carbocycles. The summed E-state index contributed by atoms with van der Waals surface area (Å²) < 4.78 is 0. The maximum Gasteiger partial charge on any atom is 0.135 e. The zero-order chi connectivity index (χ0) is 13.3. The molecule has 1 saturated carbocycles. The molecule has 0 amide bonds. The van der Waals surface area contributed by atoms with Gasteiger partial charge in [-0.2, -0.15) is 0 Å². The van der Waals surface area contributed by atoms with Gasteiger partial charge in [-0.25, -0.2) is 9.97 Å². The molecule has 0 saturated heterocycles. The number of nitrogens with two attached hydrogens (primary N) is 1. The summed E-state index contributed by atoms with van der Waals surface area (Å²) in [6.45, 7) is 8.88. The summed E-state index contributed by atoms with van der Waals surface area (Å²) in [4.78, 5) is 8.49. The van der Waals surface area contributed by atoms with Crippen LogP contribution in [0.1, 0.15) is 58.4 Å². The number of hydrogen-bond donors (Lipinski definition) is 2. The van der Waals surface area contributed by atoms with Crippen LogP contribution in [-0.2, 0) is 0 Å². The number of nitrogens with one attached hydrogen (secondary N) is 1. The summed E-state index contributed by atoms with van der Waals surface area (Å²) in [6, 6.07) is 0.476. The smallest absolute Gasteiger partial charge is 0.135 e. The van der Waals surface area contributed by atoms with Crippen LogP contribution in [0, 0.1) is 5.41 Å². The molecule has 18 heavy (non-hydrogen) atoms. The molecule has 0 aromatic carbocycles. The monoisotopic (exact) mass is 248 g/mol. The first-order valence-corrected chi connectivity index (χ1v) is 6.78. The van der Waals surface area contributed by atoms with E-state index in [1.807, 2.05) is 0 Å². The Hall–Kier alpha value is -1.32. The van der Waals surface area contributed by atoms with Crippen molar-refractivity contribution < 1.29 is 0 Å². The van der Waals surface area contributed by atoms with Crippen LogP contribution < -0.4 is 11.1 Å². The van der Waals surface area contributed by atoms with Crippen molar-refractivity contribution >= 4 is 11.6 Å². The molecule has 1 unspecified atom stereocenters. The van der Waals surface area contributed by atoms with Crippen LogP contribution in [0.5, 0.6) is 0 Å². The van der Waals surface area contributed by atoms with Gasteiger partial charge in [0, 0.05) is 11.6 Å². The minimum atomic E-state index is 0.327. The normalized spacial score (nSPS) is 22.4. The van der Waals surface area contributed by atoms with Crippen LogP contribution in [0.15, 0.2) is 6.33 Å². The largest absolute Gasteiger partial charge is 0.383 e. The highest BCUT2D eigenvalue weighted by atomic mass is 15.1. The molecule has 0 aliphatic heterocycles. The number of rotatable bonds is 3. The Balaban J connectivity index is 2.27. The van der Waals surface area contributed by atoms with Crippen molar-refractivity contribution in [3.63, 3.8) is 0 Å². The average molecular weight is 248 g/mol. The molecule has 1 aliphatic rings. The second-order valence-electron chi connectivity index (χ2n) is 6.25. The summed E-state index contributed by atoms with van der Waals surface area (Å²) in [5, 5.41) is 3.59. The molecule has 1 aromatic heterocycles. The third kappa shape index (κ3) is 2.42. The van der Waals surface area contributed by atoms with Crippen molar-refractivity contribution in [2.24, 2.45) is 5.41 Å². The molecule has 1 heterocycles. The summed E-state index contributed by atoms with van der Waals surface area (Å²) in [5.74, 6) is 1.84. The van der Waals surface area contributed by atoms with E-state index < -0.39 is 0 Å². The van der Waals surface area contributed by atoms with Crippen LogP contribution in [0.3, 0.4) is 0 Å². The average Bonchev–Trinajstić information content (AvgIpc) is 2.58. The number of aromatic nitrogens is 2. The van der Waals surface area contributed by atoms with Gasteiger partial charge >= 0.3 is 0 Å². The van der Waals surface area contributed by atoms with Gasteiger partial charge in [0.05, 0.1) is 0 Å². The highest BCUT2D eigenvalue weighted by molar-refractivity contribution is 5.57. The Morgan fingerprint density at radius 2 is 2.11 bits per heavy atom. The third-order valence-corrected chi connectivity index (χ3v) is 4.06. The highest BCUT2D eigenvalue weighted by Gasteiger charge is 2.35. The molecule has 1 atom stereocenters. The molecule has 2 rings (SSSR count). The van der Waals surface area contributed by atoms with Gasteiger partial charge in [-0.05, 0) is 24.2 Å². The lowest BCUT2D eigenvalue weighted by Crippen LogP contribution is -2.31. The number of anilines is 2. The van der Waals surface area contributed by atoms with Crippen molar-refractivity contribution in [2.45, 2.75) is 58.9 Å². The molecule has 0 spiro atoms. The number of nitrogens with zero attached hydrogens (tertiary/aromatic N) is 2. The summed E-state index contributed by atoms with van der Waals surface area (Å²) in [7, 11) is 0. The Morgan fingerprint density at radius 3 is 2.67 bits per heavy atom. The first-order chi connectivity index (χ1) is 8.42. The first kappa shape index (κ1) is 13.1. The fourth-order valence-corrected chi connectivity index (χ4v) is 2.85. The zero-order valence-corrected chi connectivity index (χ0v) is 11.8. The third-order valence-electron chi connectivity index (χ3n) is 4.06. The van der Waals surface area contributed by atoms with Crippen LogP contribution in [0.4, 0.5) is 11.6 Å². The summed E-state index contributed by atoms with van der Waals surface area (Å²) >= 11 is 0. The standard InChI is InChI=1S/C14H24N4/c1-9(2)11-12(15)16-8-17-13(11)18-10-6-5-7-14(10,3)4/h8-10H,5-7H2,1-4H3,(H3,15,16,17,18). The Morgan fingerprint density at radius 1 is 1.39 bits per heavy atom. The first-order valence-electron chi connectivity index (χ1n) is 6.78. The van der Waals surface area contributed by atoms with E-state index in [9.17, 15) is 0 Å². The maximum absolute atomic E-state index is 5.97. The molecule has 4 nitrogen and oxygen atoms in total. The number of hydrogen-bond acceptors (Lipinski definition) is 4. The van der Waals surface area contributed by atoms with E-state index in [0.29, 0.717) is 23.2 Å². The van der Waals surface area contributed by atoms with Crippen molar-refractivity contribution in [3.05, 3.63) is 11.9 Å². The fourth-order valence-electron chi connectivity index (χ4n) is 2.85. The highest BCUT2D eigenvalue weighted by Crippen LogP contribution is 2.40. The Kier molecular flexibility index (Phi) is 3.46. The lowest BCUT2D eigenvalue weighted by molar-refractivity contribution is 0.349. The van der Waals surface area contributed by atoms with Gasteiger partial charge < -0.3 is 11.1 Å². The molecular formula is C14H24N4. The van der Waals surface area contributed by atoms with Crippen LogP contribution >= 0.6 is 0 Å². The van der Waals surface area contributed by atoms with Gasteiger partial charge in [0.15, 0.2) is 0 Å². The van der Waals surface area contributed by atoms with Crippen molar-refractivity contribution in [1.29, 1.82) is 0 Å². The Labute approximate surface area is 109 Å². The zero-order valence-electron chi connectivity index (χ0n) is 11.8. The van der Waals surface area contributed by atoms with E-state index in [-0.39, 0.29) is 0 Å². The van der Waals surface area contributed by atoms with E-state index in [4.69, 9.17) is 5.73 Å². The lowest BCUT2D eigenvalue weighted by Gasteiger charge is -2.29. The van der Waals surface area contributed by atoms with Crippen molar-refractivity contribution in [3.8, 4) is 0 Å². The molecular weight excluding hydrogens is 224 g/mol. The molecule has 1 fully saturated rings. The van der Waals surface area contributed by atoms with E-state index in [1.54, 1.807) is 6.33 Å². The number of nitrogen functional groups attached to an aromatic ring is 1. The SMILES string of the molecule is CC(C)c1c(N)ncnc1NC1CCCC1(C)C. The molecule has 4 heteroatoms. The van der Waals surface area contributed by atoms with Crippen LogP contribution in [-0.4, -0.2) is 16.0 Å². The lowest BCUT2D eigenvalue weighted by atomic mass is 9.87. The fraction of sp³-hybridized carbons (Fsp3) is 0.714. The van der Waals surface area contributed by atoms with Crippen LogP contribution in [0.2, 0.25) is 0 Å². The quantitative estimate of drug-likeness (QED) is 0.862.